The summed E-state index contributed by atoms with van der Waals surface area (Å²) in [6.45, 7) is 1.37. The van der Waals surface area contributed by atoms with Gasteiger partial charge in [0, 0.05) is 18.1 Å². The molecule has 0 saturated carbocycles. The highest BCUT2D eigenvalue weighted by Gasteiger charge is 2.18. The topological polar surface area (TPSA) is 20.3 Å². The SMILES string of the molecule is O=C(c1cc(Cl)ccc1Cl)N1CC=CCC1. The molecule has 1 aliphatic heterocycles. The lowest BCUT2D eigenvalue weighted by Crippen LogP contribution is -2.33. The minimum absolute atomic E-state index is 0.0585. The molecule has 0 N–H and O–H groups in total. The number of hydrogen-bond donors (Lipinski definition) is 0. The van der Waals surface area contributed by atoms with Crippen molar-refractivity contribution in [3.8, 4) is 0 Å². The Balaban J connectivity index is 2.26. The Hall–Kier alpha value is -0.990. The number of halogens is 2. The van der Waals surface area contributed by atoms with Crippen LogP contribution in [0.5, 0.6) is 0 Å². The lowest BCUT2D eigenvalue weighted by atomic mass is 10.1. The summed E-state index contributed by atoms with van der Waals surface area (Å²) in [7, 11) is 0. The molecular weight excluding hydrogens is 245 g/mol. The predicted octanol–water partition coefficient (Wildman–Crippen LogP) is 3.40. The average molecular weight is 256 g/mol. The van der Waals surface area contributed by atoms with E-state index in [1.165, 1.54) is 0 Å². The minimum Gasteiger partial charge on any atom is -0.335 e. The standard InChI is InChI=1S/C12H11Cl2NO/c13-9-4-5-11(14)10(8-9)12(16)15-6-2-1-3-7-15/h1-2,4-5,8H,3,6-7H2. The number of carbonyl (C=O) groups is 1. The van der Waals surface area contributed by atoms with Crippen molar-refractivity contribution in [2.45, 2.75) is 6.42 Å². The first-order chi connectivity index (χ1) is 7.68. The lowest BCUT2D eigenvalue weighted by Gasteiger charge is -2.23. The van der Waals surface area contributed by atoms with Crippen LogP contribution in [0, 0.1) is 0 Å². The summed E-state index contributed by atoms with van der Waals surface area (Å²) in [5.74, 6) is -0.0585. The van der Waals surface area contributed by atoms with Crippen LogP contribution in [-0.4, -0.2) is 23.9 Å². The zero-order chi connectivity index (χ0) is 11.5. The molecule has 0 bridgehead atoms. The van der Waals surface area contributed by atoms with E-state index in [0.29, 0.717) is 22.2 Å². The van der Waals surface area contributed by atoms with Gasteiger partial charge in [0.05, 0.1) is 10.6 Å². The van der Waals surface area contributed by atoms with Crippen LogP contribution < -0.4 is 0 Å². The summed E-state index contributed by atoms with van der Waals surface area (Å²) < 4.78 is 0. The number of amides is 1. The molecule has 0 unspecified atom stereocenters. The molecule has 84 valence electrons. The molecule has 1 aromatic carbocycles. The van der Waals surface area contributed by atoms with E-state index in [2.05, 4.69) is 6.08 Å². The second kappa shape index (κ2) is 4.89. The molecule has 1 heterocycles. The van der Waals surface area contributed by atoms with E-state index in [1.54, 1.807) is 23.1 Å². The summed E-state index contributed by atoms with van der Waals surface area (Å²) in [5, 5.41) is 0.976. The lowest BCUT2D eigenvalue weighted by molar-refractivity contribution is 0.0771. The van der Waals surface area contributed by atoms with Crippen molar-refractivity contribution in [3.05, 3.63) is 46.0 Å². The second-order valence-electron chi connectivity index (χ2n) is 3.64. The molecule has 0 atom stereocenters. The van der Waals surface area contributed by atoms with Gasteiger partial charge in [-0.2, -0.15) is 0 Å². The van der Waals surface area contributed by atoms with Gasteiger partial charge in [-0.1, -0.05) is 35.4 Å². The van der Waals surface area contributed by atoms with Gasteiger partial charge in [-0.3, -0.25) is 4.79 Å². The van der Waals surface area contributed by atoms with E-state index in [1.807, 2.05) is 6.08 Å². The highest BCUT2D eigenvalue weighted by Crippen LogP contribution is 2.22. The largest absolute Gasteiger partial charge is 0.335 e. The highest BCUT2D eigenvalue weighted by molar-refractivity contribution is 6.35. The molecule has 0 aliphatic carbocycles. The first-order valence-corrected chi connectivity index (χ1v) is 5.83. The van der Waals surface area contributed by atoms with Gasteiger partial charge < -0.3 is 4.90 Å². The quantitative estimate of drug-likeness (QED) is 0.705. The Labute approximate surface area is 104 Å². The van der Waals surface area contributed by atoms with Crippen LogP contribution in [0.2, 0.25) is 10.0 Å². The van der Waals surface area contributed by atoms with Crippen LogP contribution in [0.3, 0.4) is 0 Å². The van der Waals surface area contributed by atoms with Gasteiger partial charge in [0.25, 0.3) is 5.91 Å². The minimum atomic E-state index is -0.0585. The summed E-state index contributed by atoms with van der Waals surface area (Å²) in [5.41, 5.74) is 0.476. The van der Waals surface area contributed by atoms with Gasteiger partial charge in [-0.25, -0.2) is 0 Å². The van der Waals surface area contributed by atoms with Gasteiger partial charge in [0.2, 0.25) is 0 Å². The van der Waals surface area contributed by atoms with E-state index in [0.717, 1.165) is 13.0 Å². The molecule has 2 rings (SSSR count). The fourth-order valence-electron chi connectivity index (χ4n) is 1.66. The summed E-state index contributed by atoms with van der Waals surface area (Å²) in [6, 6.07) is 4.94. The third kappa shape index (κ3) is 2.39. The van der Waals surface area contributed by atoms with Crippen molar-refractivity contribution in [1.29, 1.82) is 0 Å². The van der Waals surface area contributed by atoms with E-state index >= 15 is 0 Å². The van der Waals surface area contributed by atoms with Crippen LogP contribution >= 0.6 is 23.2 Å². The number of hydrogen-bond acceptors (Lipinski definition) is 1. The first-order valence-electron chi connectivity index (χ1n) is 5.08. The summed E-state index contributed by atoms with van der Waals surface area (Å²) >= 11 is 11.8. The fourth-order valence-corrected chi connectivity index (χ4v) is 2.03. The normalized spacial score (nSPS) is 15.2. The molecule has 1 aromatic rings. The Bertz CT molecular complexity index is 443. The first kappa shape index (κ1) is 11.5. The van der Waals surface area contributed by atoms with Gasteiger partial charge >= 0.3 is 0 Å². The molecule has 0 fully saturated rings. The van der Waals surface area contributed by atoms with Crippen LogP contribution in [0.15, 0.2) is 30.4 Å². The summed E-state index contributed by atoms with van der Waals surface area (Å²) in [6.07, 6.45) is 4.95. The maximum absolute atomic E-state index is 12.1. The maximum Gasteiger partial charge on any atom is 0.255 e. The molecule has 1 amide bonds. The van der Waals surface area contributed by atoms with Gasteiger partial charge in [0.1, 0.15) is 0 Å². The van der Waals surface area contributed by atoms with E-state index in [4.69, 9.17) is 23.2 Å². The molecule has 0 aromatic heterocycles. The number of carbonyl (C=O) groups excluding carboxylic acids is 1. The van der Waals surface area contributed by atoms with Crippen molar-refractivity contribution in [2.24, 2.45) is 0 Å². The average Bonchev–Trinajstić information content (AvgIpc) is 2.32. The van der Waals surface area contributed by atoms with Crippen LogP contribution in [0.1, 0.15) is 16.8 Å². The molecule has 16 heavy (non-hydrogen) atoms. The zero-order valence-electron chi connectivity index (χ0n) is 8.62. The van der Waals surface area contributed by atoms with E-state index < -0.39 is 0 Å². The zero-order valence-corrected chi connectivity index (χ0v) is 10.1. The predicted molar refractivity (Wildman–Crippen MR) is 66.1 cm³/mol. The summed E-state index contributed by atoms with van der Waals surface area (Å²) in [4.78, 5) is 13.9. The third-order valence-corrected chi connectivity index (χ3v) is 3.07. The Morgan fingerprint density at radius 3 is 2.75 bits per heavy atom. The van der Waals surface area contributed by atoms with Crippen molar-refractivity contribution >= 4 is 29.1 Å². The molecule has 2 nitrogen and oxygen atoms in total. The fraction of sp³-hybridized carbons (Fsp3) is 0.250. The number of rotatable bonds is 1. The van der Waals surface area contributed by atoms with Crippen molar-refractivity contribution < 1.29 is 4.79 Å². The molecule has 1 aliphatic rings. The van der Waals surface area contributed by atoms with Crippen molar-refractivity contribution in [1.82, 2.24) is 4.90 Å². The molecule has 4 heteroatoms. The Kier molecular flexibility index (Phi) is 3.52. The van der Waals surface area contributed by atoms with E-state index in [-0.39, 0.29) is 5.91 Å². The molecule has 0 radical (unpaired) electrons. The maximum atomic E-state index is 12.1. The smallest absolute Gasteiger partial charge is 0.255 e. The van der Waals surface area contributed by atoms with Crippen LogP contribution in [0.4, 0.5) is 0 Å². The van der Waals surface area contributed by atoms with Gasteiger partial charge in [-0.05, 0) is 24.6 Å². The van der Waals surface area contributed by atoms with Gasteiger partial charge in [-0.15, -0.1) is 0 Å². The highest BCUT2D eigenvalue weighted by atomic mass is 35.5. The van der Waals surface area contributed by atoms with Crippen molar-refractivity contribution in [2.75, 3.05) is 13.1 Å². The van der Waals surface area contributed by atoms with Gasteiger partial charge in [0.15, 0.2) is 0 Å². The Morgan fingerprint density at radius 1 is 1.25 bits per heavy atom. The van der Waals surface area contributed by atoms with Crippen LogP contribution in [0.25, 0.3) is 0 Å². The second-order valence-corrected chi connectivity index (χ2v) is 4.48. The van der Waals surface area contributed by atoms with E-state index in [9.17, 15) is 4.79 Å². The third-order valence-electron chi connectivity index (χ3n) is 2.50. The Morgan fingerprint density at radius 2 is 2.06 bits per heavy atom. The number of nitrogens with zero attached hydrogens (tertiary/aromatic N) is 1. The monoisotopic (exact) mass is 255 g/mol. The molecule has 0 spiro atoms. The van der Waals surface area contributed by atoms with Crippen molar-refractivity contribution in [3.63, 3.8) is 0 Å². The van der Waals surface area contributed by atoms with Crippen LogP contribution in [-0.2, 0) is 0 Å². The molecular formula is C12H11Cl2NO. The molecule has 0 saturated heterocycles. The number of benzene rings is 1.